The topological polar surface area (TPSA) is 141 Å². The minimum Gasteiger partial charge on any atom is -0.462 e. The molecule has 1 saturated carbocycles. The molecule has 8 atom stereocenters. The third kappa shape index (κ3) is 3.75. The maximum Gasteiger partial charge on any atom is 0.330 e. The van der Waals surface area contributed by atoms with Gasteiger partial charge in [-0.25, -0.2) is 9.59 Å². The number of aliphatic hydroxyl groups is 2. The minimum atomic E-state index is -1.73. The molecule has 0 aromatic heterocycles. The van der Waals surface area contributed by atoms with Gasteiger partial charge in [0.1, 0.15) is 31.0 Å². The van der Waals surface area contributed by atoms with Gasteiger partial charge in [0.15, 0.2) is 11.4 Å². The van der Waals surface area contributed by atoms with Gasteiger partial charge in [0, 0.05) is 24.0 Å². The Morgan fingerprint density at radius 1 is 1.10 bits per heavy atom. The van der Waals surface area contributed by atoms with Crippen molar-refractivity contribution in [2.24, 2.45) is 10.8 Å². The van der Waals surface area contributed by atoms with Crippen LogP contribution in [-0.4, -0.2) is 90.0 Å². The molecule has 6 rings (SSSR count). The lowest BCUT2D eigenvalue weighted by Gasteiger charge is -2.58. The maximum atomic E-state index is 13.2. The second-order valence-electron chi connectivity index (χ2n) is 12.0. The van der Waals surface area contributed by atoms with E-state index in [1.807, 2.05) is 0 Å². The number of esters is 2. The summed E-state index contributed by atoms with van der Waals surface area (Å²) in [5, 5.41) is 20.8. The maximum absolute atomic E-state index is 13.2. The zero-order chi connectivity index (χ0) is 27.6. The van der Waals surface area contributed by atoms with Crippen LogP contribution in [-0.2, 0) is 38.1 Å². The molecule has 2 N–H and O–H groups in total. The quantitative estimate of drug-likeness (QED) is 0.298. The SMILES string of the molecule is CC1=C[C@H]2O[C@@H]3C[C@H]4OC(=O)/C=C/CC[C@]5(C(=O)CO)OCC/C(=C\C(=O)OC[C@@]2(CC1)[C@]4(C)[C@]31CO1)[C@H]5O. The lowest BCUT2D eigenvalue weighted by molar-refractivity contribution is -0.232. The second kappa shape index (κ2) is 9.34. The van der Waals surface area contributed by atoms with E-state index in [1.165, 1.54) is 17.7 Å². The van der Waals surface area contributed by atoms with Crippen LogP contribution in [0.2, 0.25) is 0 Å². The van der Waals surface area contributed by atoms with E-state index in [9.17, 15) is 24.6 Å². The fourth-order valence-corrected chi connectivity index (χ4v) is 7.92. The Bertz CT molecular complexity index is 1170. The molecule has 4 fully saturated rings. The molecule has 2 aliphatic carbocycles. The number of ether oxygens (including phenoxy) is 5. The fourth-order valence-electron chi connectivity index (χ4n) is 7.92. The molecular formula is C29H36O10. The Hall–Kier alpha value is -2.37. The van der Waals surface area contributed by atoms with Gasteiger partial charge >= 0.3 is 11.9 Å². The van der Waals surface area contributed by atoms with Crippen molar-refractivity contribution in [2.45, 2.75) is 88.0 Å². The van der Waals surface area contributed by atoms with Crippen molar-refractivity contribution in [2.75, 3.05) is 26.4 Å². The van der Waals surface area contributed by atoms with E-state index in [0.29, 0.717) is 25.0 Å². The van der Waals surface area contributed by atoms with E-state index in [4.69, 9.17) is 23.7 Å². The van der Waals surface area contributed by atoms with Gasteiger partial charge in [0.05, 0.1) is 30.8 Å². The standard InChI is InChI=1S/C29H36O10/c1-17-6-9-27-15-35-24(33)12-18-7-10-36-28(25(18)34,19(31)14-30)8-4-3-5-23(32)39-20-13-22(38-21(27)11-17)29(16-37-29)26(20,27)2/h3,5,11-12,20-22,25,30,34H,4,6-10,13-16H2,1-2H3/b5-3+,18-12+/t20-,21-,22-,25-,26-,27-,28-,29+/m1/s1. The number of hydrogen-bond acceptors (Lipinski definition) is 10. The molecule has 0 aromatic rings. The number of carbonyl (C=O) groups is 3. The number of aliphatic hydroxyl groups excluding tert-OH is 2. The van der Waals surface area contributed by atoms with Crippen LogP contribution in [0.15, 0.2) is 35.5 Å². The van der Waals surface area contributed by atoms with Crippen LogP contribution < -0.4 is 0 Å². The van der Waals surface area contributed by atoms with Gasteiger partial charge in [0.2, 0.25) is 0 Å². The molecular weight excluding hydrogens is 508 g/mol. The summed E-state index contributed by atoms with van der Waals surface area (Å²) in [7, 11) is 0. The molecule has 4 aliphatic heterocycles. The molecule has 2 spiro atoms. The Morgan fingerprint density at radius 3 is 2.64 bits per heavy atom. The highest BCUT2D eigenvalue weighted by Gasteiger charge is 2.83. The number of Topliss-reactive ketones (excluding diaryl/α,β-unsaturated/α-hetero) is 1. The summed E-state index contributed by atoms with van der Waals surface area (Å²) < 4.78 is 30.5. The third-order valence-electron chi connectivity index (χ3n) is 10.3. The van der Waals surface area contributed by atoms with Gasteiger partial charge < -0.3 is 33.9 Å². The highest BCUT2D eigenvalue weighted by Crippen LogP contribution is 2.72. The van der Waals surface area contributed by atoms with Gasteiger partial charge in [-0.15, -0.1) is 0 Å². The second-order valence-corrected chi connectivity index (χ2v) is 12.0. The number of hydrogen-bond donors (Lipinski definition) is 2. The Balaban J connectivity index is 1.41. The van der Waals surface area contributed by atoms with Crippen LogP contribution in [0.25, 0.3) is 0 Å². The molecule has 0 radical (unpaired) electrons. The van der Waals surface area contributed by atoms with E-state index in [2.05, 4.69) is 19.9 Å². The first-order chi connectivity index (χ1) is 18.6. The van der Waals surface area contributed by atoms with Crippen molar-refractivity contribution < 1.29 is 48.3 Å². The number of allylic oxidation sites excluding steroid dienone is 2. The molecule has 0 aromatic carbocycles. The number of cyclic esters (lactones) is 1. The molecule has 4 heterocycles. The summed E-state index contributed by atoms with van der Waals surface area (Å²) in [4.78, 5) is 39.1. The molecule has 212 valence electrons. The minimum absolute atomic E-state index is 0.00815. The van der Waals surface area contributed by atoms with Crippen molar-refractivity contribution in [1.82, 2.24) is 0 Å². The normalized spacial score (nSPS) is 47.7. The van der Waals surface area contributed by atoms with Crippen LogP contribution in [0.5, 0.6) is 0 Å². The molecule has 0 amide bonds. The first kappa shape index (κ1) is 26.8. The highest BCUT2D eigenvalue weighted by molar-refractivity contribution is 5.90. The zero-order valence-corrected chi connectivity index (χ0v) is 22.4. The summed E-state index contributed by atoms with van der Waals surface area (Å²) in [6.45, 7) is 3.88. The number of fused-ring (bicyclic) bond motifs is 2. The van der Waals surface area contributed by atoms with Crippen LogP contribution in [0.1, 0.15) is 52.4 Å². The summed E-state index contributed by atoms with van der Waals surface area (Å²) in [5.41, 5.74) is -2.22. The summed E-state index contributed by atoms with van der Waals surface area (Å²) >= 11 is 0. The van der Waals surface area contributed by atoms with E-state index in [1.54, 1.807) is 6.08 Å². The van der Waals surface area contributed by atoms with Crippen molar-refractivity contribution in [3.63, 3.8) is 0 Å². The first-order valence-electron chi connectivity index (χ1n) is 13.8. The molecule has 10 heteroatoms. The average molecular weight is 545 g/mol. The van der Waals surface area contributed by atoms with Gasteiger partial charge in [-0.2, -0.15) is 0 Å². The van der Waals surface area contributed by atoms with Crippen LogP contribution >= 0.6 is 0 Å². The number of epoxide rings is 1. The van der Waals surface area contributed by atoms with Crippen LogP contribution in [0, 0.1) is 10.8 Å². The molecule has 0 unspecified atom stereocenters. The smallest absolute Gasteiger partial charge is 0.330 e. The zero-order valence-electron chi connectivity index (χ0n) is 22.4. The monoisotopic (exact) mass is 544 g/mol. The number of ketones is 1. The summed E-state index contributed by atoms with van der Waals surface area (Å²) in [6.07, 6.45) is 6.04. The Morgan fingerprint density at radius 2 is 1.90 bits per heavy atom. The van der Waals surface area contributed by atoms with Gasteiger partial charge in [-0.3, -0.25) is 4.79 Å². The molecule has 39 heavy (non-hydrogen) atoms. The molecule has 3 saturated heterocycles. The number of rotatable bonds is 2. The highest BCUT2D eigenvalue weighted by atomic mass is 16.6. The predicted molar refractivity (Wildman–Crippen MR) is 134 cm³/mol. The Labute approximate surface area is 226 Å². The summed E-state index contributed by atoms with van der Waals surface area (Å²) in [5.74, 6) is -1.87. The molecule has 10 nitrogen and oxygen atoms in total. The fraction of sp³-hybridized carbons (Fsp3) is 0.690. The van der Waals surface area contributed by atoms with Crippen LogP contribution in [0.4, 0.5) is 0 Å². The van der Waals surface area contributed by atoms with Gasteiger partial charge in [0.25, 0.3) is 0 Å². The molecule has 4 bridgehead atoms. The third-order valence-corrected chi connectivity index (χ3v) is 10.3. The van der Waals surface area contributed by atoms with E-state index >= 15 is 0 Å². The van der Waals surface area contributed by atoms with Gasteiger partial charge in [-0.05, 0) is 44.6 Å². The summed E-state index contributed by atoms with van der Waals surface area (Å²) in [6, 6.07) is 0. The lowest BCUT2D eigenvalue weighted by Crippen LogP contribution is -2.66. The van der Waals surface area contributed by atoms with E-state index in [0.717, 1.165) is 6.42 Å². The Kier molecular flexibility index (Phi) is 6.43. The largest absolute Gasteiger partial charge is 0.462 e. The predicted octanol–water partition coefficient (Wildman–Crippen LogP) is 1.47. The first-order valence-corrected chi connectivity index (χ1v) is 13.8. The number of carbonyl (C=O) groups excluding carboxylic acids is 3. The lowest BCUT2D eigenvalue weighted by atomic mass is 9.51. The molecule has 6 aliphatic rings. The van der Waals surface area contributed by atoms with E-state index in [-0.39, 0.29) is 44.7 Å². The average Bonchev–Trinajstić information content (AvgIpc) is 3.69. The van der Waals surface area contributed by atoms with Crippen LogP contribution in [0.3, 0.4) is 0 Å². The van der Waals surface area contributed by atoms with Crippen molar-refractivity contribution in [3.8, 4) is 0 Å². The van der Waals surface area contributed by atoms with E-state index < -0.39 is 58.6 Å². The van der Waals surface area contributed by atoms with Crippen molar-refractivity contribution >= 4 is 17.7 Å². The van der Waals surface area contributed by atoms with Gasteiger partial charge in [-0.1, -0.05) is 24.6 Å². The van der Waals surface area contributed by atoms with Crippen molar-refractivity contribution in [1.29, 1.82) is 0 Å². The van der Waals surface area contributed by atoms with Crippen molar-refractivity contribution in [3.05, 3.63) is 35.5 Å².